The number of carbonyl (C=O) groups excluding carboxylic acids is 1. The molecule has 1 heterocycles. The number of halogens is 1. The van der Waals surface area contributed by atoms with Crippen LogP contribution < -0.4 is 4.74 Å². The van der Waals surface area contributed by atoms with Crippen LogP contribution in [0.4, 0.5) is 0 Å². The number of aliphatic hydroxyl groups is 1. The van der Waals surface area contributed by atoms with Crippen molar-refractivity contribution in [3.8, 4) is 11.8 Å². The molecule has 0 radical (unpaired) electrons. The fraction of sp³-hybridized carbons (Fsp3) is 0.391. The van der Waals surface area contributed by atoms with Crippen LogP contribution in [0.3, 0.4) is 0 Å². The fourth-order valence-electron chi connectivity index (χ4n) is 3.39. The minimum Gasteiger partial charge on any atom is -0.491 e. The lowest BCUT2D eigenvalue weighted by Gasteiger charge is -2.38. The molecule has 1 fully saturated rings. The first kappa shape index (κ1) is 23.7. The van der Waals surface area contributed by atoms with Gasteiger partial charge in [-0.25, -0.2) is 4.79 Å². The summed E-state index contributed by atoms with van der Waals surface area (Å²) >= 11 is 0. The van der Waals surface area contributed by atoms with Crippen LogP contribution in [0, 0.1) is 11.3 Å². The zero-order valence-electron chi connectivity index (χ0n) is 17.0. The molecule has 0 spiro atoms. The van der Waals surface area contributed by atoms with E-state index in [1.165, 1.54) is 12.7 Å². The van der Waals surface area contributed by atoms with Gasteiger partial charge in [-0.1, -0.05) is 12.1 Å². The zero-order chi connectivity index (χ0) is 20.7. The van der Waals surface area contributed by atoms with Gasteiger partial charge < -0.3 is 19.5 Å². The lowest BCUT2D eigenvalue weighted by atomic mass is 9.92. The normalized spacial score (nSPS) is 15.5. The number of nitriles is 1. The van der Waals surface area contributed by atoms with E-state index in [9.17, 15) is 9.90 Å². The Kier molecular flexibility index (Phi) is 8.67. The summed E-state index contributed by atoms with van der Waals surface area (Å²) in [7, 11) is 1.35. The van der Waals surface area contributed by atoms with Gasteiger partial charge in [-0.2, -0.15) is 5.26 Å². The van der Waals surface area contributed by atoms with Crippen molar-refractivity contribution in [3.63, 3.8) is 0 Å². The van der Waals surface area contributed by atoms with Crippen molar-refractivity contribution >= 4 is 18.4 Å². The third-order valence-electron chi connectivity index (χ3n) is 5.37. The van der Waals surface area contributed by atoms with Crippen LogP contribution in [0.25, 0.3) is 0 Å². The number of hydrogen-bond acceptors (Lipinski definition) is 6. The number of ether oxygens (including phenoxy) is 2. The number of carbonyl (C=O) groups is 1. The molecule has 0 bridgehead atoms. The minimum absolute atomic E-state index is 0. The summed E-state index contributed by atoms with van der Waals surface area (Å²) in [6.45, 7) is 2.79. The maximum Gasteiger partial charge on any atom is 0.337 e. The van der Waals surface area contributed by atoms with E-state index in [0.717, 1.165) is 26.1 Å². The molecule has 1 saturated heterocycles. The molecule has 3 rings (SSSR count). The molecule has 2 aromatic rings. The highest BCUT2D eigenvalue weighted by atomic mass is 35.5. The summed E-state index contributed by atoms with van der Waals surface area (Å²) in [6, 6.07) is 16.5. The van der Waals surface area contributed by atoms with E-state index >= 15 is 0 Å². The third-order valence-corrected chi connectivity index (χ3v) is 5.37. The maximum atomic E-state index is 11.5. The third kappa shape index (κ3) is 6.46. The van der Waals surface area contributed by atoms with Gasteiger partial charge in [-0.15, -0.1) is 12.4 Å². The standard InChI is InChI=1S/C23H26N2O4.ClH/c1-28-22(26)20-6-8-21(9-7-20)29-17-23(27)11-14-25(15-12-23)13-10-18-2-4-19(16-24)5-3-18;/h2-9,27H,10-15,17H2,1H3;1H. The topological polar surface area (TPSA) is 82.8 Å². The molecule has 0 atom stereocenters. The molecule has 1 aliphatic heterocycles. The molecular weight excluding hydrogens is 404 g/mol. The number of methoxy groups -OCH3 is 1. The van der Waals surface area contributed by atoms with E-state index in [2.05, 4.69) is 15.7 Å². The van der Waals surface area contributed by atoms with Gasteiger partial charge >= 0.3 is 5.97 Å². The molecule has 2 aromatic carbocycles. The summed E-state index contributed by atoms with van der Waals surface area (Å²) in [5, 5.41) is 19.7. The largest absolute Gasteiger partial charge is 0.491 e. The number of rotatable bonds is 7. The average molecular weight is 431 g/mol. The van der Waals surface area contributed by atoms with Gasteiger partial charge in [0.05, 0.1) is 24.3 Å². The second kappa shape index (κ2) is 11.0. The first-order valence-corrected chi connectivity index (χ1v) is 9.76. The van der Waals surface area contributed by atoms with Crippen molar-refractivity contribution in [3.05, 3.63) is 65.2 Å². The highest BCUT2D eigenvalue weighted by Crippen LogP contribution is 2.24. The number of likely N-dealkylation sites (tertiary alicyclic amines) is 1. The van der Waals surface area contributed by atoms with Crippen molar-refractivity contribution in [2.75, 3.05) is 33.4 Å². The highest BCUT2D eigenvalue weighted by Gasteiger charge is 2.33. The monoisotopic (exact) mass is 430 g/mol. The van der Waals surface area contributed by atoms with Crippen molar-refractivity contribution in [1.29, 1.82) is 5.26 Å². The lowest BCUT2D eigenvalue weighted by molar-refractivity contribution is -0.0521. The average Bonchev–Trinajstić information content (AvgIpc) is 2.77. The molecule has 6 nitrogen and oxygen atoms in total. The first-order chi connectivity index (χ1) is 14.0. The van der Waals surface area contributed by atoms with Crippen molar-refractivity contribution in [2.24, 2.45) is 0 Å². The van der Waals surface area contributed by atoms with Crippen molar-refractivity contribution in [1.82, 2.24) is 4.90 Å². The number of hydrogen-bond donors (Lipinski definition) is 1. The Morgan fingerprint density at radius 2 is 1.77 bits per heavy atom. The maximum absolute atomic E-state index is 11.5. The smallest absolute Gasteiger partial charge is 0.337 e. The number of esters is 1. The van der Waals surface area contributed by atoms with Crippen LogP contribution in [-0.2, 0) is 11.2 Å². The molecule has 30 heavy (non-hydrogen) atoms. The molecule has 0 aliphatic carbocycles. The molecule has 0 amide bonds. The Hall–Kier alpha value is -2.59. The lowest BCUT2D eigenvalue weighted by Crippen LogP contribution is -2.48. The van der Waals surface area contributed by atoms with Crippen LogP contribution >= 0.6 is 12.4 Å². The number of piperidine rings is 1. The van der Waals surface area contributed by atoms with E-state index in [1.807, 2.05) is 24.3 Å². The minimum atomic E-state index is -0.841. The number of benzene rings is 2. The van der Waals surface area contributed by atoms with Gasteiger partial charge in [0.15, 0.2) is 0 Å². The zero-order valence-corrected chi connectivity index (χ0v) is 17.9. The molecular formula is C23H27ClN2O4. The van der Waals surface area contributed by atoms with E-state index in [4.69, 9.17) is 10.00 Å². The molecule has 1 aliphatic rings. The van der Waals surface area contributed by atoms with Gasteiger partial charge in [0.2, 0.25) is 0 Å². The Morgan fingerprint density at radius 3 is 2.33 bits per heavy atom. The molecule has 0 aromatic heterocycles. The van der Waals surface area contributed by atoms with E-state index in [-0.39, 0.29) is 25.0 Å². The molecule has 7 heteroatoms. The fourth-order valence-corrected chi connectivity index (χ4v) is 3.39. The van der Waals surface area contributed by atoms with Gasteiger partial charge in [-0.3, -0.25) is 0 Å². The van der Waals surface area contributed by atoms with E-state index < -0.39 is 5.60 Å². The Labute approximate surface area is 183 Å². The van der Waals surface area contributed by atoms with Gasteiger partial charge in [0, 0.05) is 19.6 Å². The Morgan fingerprint density at radius 1 is 1.13 bits per heavy atom. The van der Waals surface area contributed by atoms with E-state index in [0.29, 0.717) is 29.7 Å². The molecule has 160 valence electrons. The molecule has 0 saturated carbocycles. The SMILES string of the molecule is COC(=O)c1ccc(OCC2(O)CCN(CCc3ccc(C#N)cc3)CC2)cc1.Cl. The summed E-state index contributed by atoms with van der Waals surface area (Å²) in [5.41, 5.74) is 1.51. The summed E-state index contributed by atoms with van der Waals surface area (Å²) in [5.74, 6) is 0.234. The van der Waals surface area contributed by atoms with Crippen LogP contribution in [-0.4, -0.2) is 54.9 Å². The van der Waals surface area contributed by atoms with Gasteiger partial charge in [0.25, 0.3) is 0 Å². The van der Waals surface area contributed by atoms with Crippen LogP contribution in [0.15, 0.2) is 48.5 Å². The van der Waals surface area contributed by atoms with E-state index in [1.54, 1.807) is 24.3 Å². The molecule has 1 N–H and O–H groups in total. The highest BCUT2D eigenvalue weighted by molar-refractivity contribution is 5.89. The summed E-state index contributed by atoms with van der Waals surface area (Å²) < 4.78 is 10.4. The Balaban J connectivity index is 0.00000320. The molecule has 0 unspecified atom stereocenters. The van der Waals surface area contributed by atoms with Crippen LogP contribution in [0.5, 0.6) is 5.75 Å². The van der Waals surface area contributed by atoms with Gasteiger partial charge in [0.1, 0.15) is 18.0 Å². The Bertz CT molecular complexity index is 854. The predicted molar refractivity (Wildman–Crippen MR) is 116 cm³/mol. The first-order valence-electron chi connectivity index (χ1n) is 9.76. The predicted octanol–water partition coefficient (Wildman–Crippen LogP) is 3.22. The second-order valence-corrected chi connectivity index (χ2v) is 7.43. The van der Waals surface area contributed by atoms with Crippen molar-refractivity contribution in [2.45, 2.75) is 24.9 Å². The number of nitrogens with zero attached hydrogens (tertiary/aromatic N) is 2. The van der Waals surface area contributed by atoms with Crippen molar-refractivity contribution < 1.29 is 19.4 Å². The quantitative estimate of drug-likeness (QED) is 0.679. The van der Waals surface area contributed by atoms with Crippen LogP contribution in [0.1, 0.15) is 34.3 Å². The van der Waals surface area contributed by atoms with Gasteiger partial charge in [-0.05, 0) is 61.2 Å². The van der Waals surface area contributed by atoms with Crippen LogP contribution in [0.2, 0.25) is 0 Å². The summed E-state index contributed by atoms with van der Waals surface area (Å²) in [4.78, 5) is 13.8. The second-order valence-electron chi connectivity index (χ2n) is 7.43. The summed E-state index contributed by atoms with van der Waals surface area (Å²) in [6.07, 6.45) is 2.23.